The molecule has 2 rings (SSSR count). The Balaban J connectivity index is 2.30. The van der Waals surface area contributed by atoms with Gasteiger partial charge in [0.2, 0.25) is 23.6 Å². The van der Waals surface area contributed by atoms with Crippen molar-refractivity contribution in [1.29, 1.82) is 0 Å². The van der Waals surface area contributed by atoms with Crippen LogP contribution in [0.15, 0.2) is 12.7 Å². The first-order valence-electron chi connectivity index (χ1n) is 5.27. The maximum atomic E-state index is 11.5. The molecule has 0 unspecified atom stereocenters. The third-order valence-electron chi connectivity index (χ3n) is 2.74. The van der Waals surface area contributed by atoms with Crippen molar-refractivity contribution in [3.05, 3.63) is 18.8 Å². The molecule has 0 bridgehead atoms. The third-order valence-corrected chi connectivity index (χ3v) is 2.74. The monoisotopic (exact) mass is 235 g/mol. The lowest BCUT2D eigenvalue weighted by Crippen LogP contribution is -2.45. The van der Waals surface area contributed by atoms with Crippen LogP contribution in [0.4, 0.5) is 0 Å². The van der Waals surface area contributed by atoms with Gasteiger partial charge in [0.1, 0.15) is 0 Å². The van der Waals surface area contributed by atoms with Crippen LogP contribution in [0.2, 0.25) is 0 Å². The summed E-state index contributed by atoms with van der Waals surface area (Å²) in [6, 6.07) is 0. The van der Waals surface area contributed by atoms with Crippen LogP contribution in [0.1, 0.15) is 25.7 Å². The molecular formula is C11H11N2O4. The van der Waals surface area contributed by atoms with Crippen molar-refractivity contribution >= 4 is 23.6 Å². The van der Waals surface area contributed by atoms with E-state index in [0.717, 1.165) is 9.80 Å². The van der Waals surface area contributed by atoms with E-state index in [9.17, 15) is 19.2 Å². The second-order valence-corrected chi connectivity index (χ2v) is 3.81. The molecule has 6 nitrogen and oxygen atoms in total. The summed E-state index contributed by atoms with van der Waals surface area (Å²) in [6.07, 6.45) is 1.59. The summed E-state index contributed by atoms with van der Waals surface area (Å²) >= 11 is 0. The third kappa shape index (κ3) is 1.75. The number of hydrogen-bond donors (Lipinski definition) is 0. The highest BCUT2D eigenvalue weighted by atomic mass is 16.2. The van der Waals surface area contributed by atoms with Gasteiger partial charge >= 0.3 is 0 Å². The van der Waals surface area contributed by atoms with Crippen LogP contribution in [0, 0.1) is 6.17 Å². The van der Waals surface area contributed by atoms with Crippen molar-refractivity contribution < 1.29 is 19.2 Å². The number of likely N-dealkylation sites (tertiary alicyclic amines) is 2. The summed E-state index contributed by atoms with van der Waals surface area (Å²) in [5.74, 6) is -1.62. The van der Waals surface area contributed by atoms with Crippen LogP contribution >= 0.6 is 0 Å². The molecular weight excluding hydrogens is 224 g/mol. The Kier molecular flexibility index (Phi) is 2.79. The van der Waals surface area contributed by atoms with E-state index in [4.69, 9.17) is 0 Å². The van der Waals surface area contributed by atoms with Gasteiger partial charge in [-0.3, -0.25) is 19.2 Å². The Morgan fingerprint density at radius 1 is 0.824 bits per heavy atom. The number of rotatable bonds is 3. The highest BCUT2D eigenvalue weighted by Crippen LogP contribution is 2.28. The van der Waals surface area contributed by atoms with Crippen molar-refractivity contribution in [1.82, 2.24) is 9.80 Å². The van der Waals surface area contributed by atoms with Gasteiger partial charge in [0.05, 0.1) is 0 Å². The lowest BCUT2D eigenvalue weighted by atomic mass is 10.3. The summed E-state index contributed by atoms with van der Waals surface area (Å²) in [5.41, 5.74) is 0. The van der Waals surface area contributed by atoms with Crippen LogP contribution in [-0.4, -0.2) is 33.4 Å². The molecule has 0 aromatic heterocycles. The van der Waals surface area contributed by atoms with Crippen molar-refractivity contribution in [2.24, 2.45) is 0 Å². The quantitative estimate of drug-likeness (QED) is 0.643. The summed E-state index contributed by atoms with van der Waals surface area (Å²) in [7, 11) is 0. The summed E-state index contributed by atoms with van der Waals surface area (Å²) < 4.78 is 0. The number of imide groups is 2. The summed E-state index contributed by atoms with van der Waals surface area (Å²) in [4.78, 5) is 47.9. The van der Waals surface area contributed by atoms with Crippen LogP contribution in [0.3, 0.4) is 0 Å². The molecule has 1 radical (unpaired) electrons. The molecule has 0 aromatic carbocycles. The molecule has 0 atom stereocenters. The largest absolute Gasteiger partial charge is 0.274 e. The fraction of sp³-hybridized carbons (Fsp3) is 0.364. The smallest absolute Gasteiger partial charge is 0.232 e. The summed E-state index contributed by atoms with van der Waals surface area (Å²) in [5, 5.41) is 0. The molecule has 89 valence electrons. The maximum Gasteiger partial charge on any atom is 0.232 e. The fourth-order valence-corrected chi connectivity index (χ4v) is 1.95. The number of carbonyl (C=O) groups is 4. The normalized spacial score (nSPS) is 21.0. The fourth-order valence-electron chi connectivity index (χ4n) is 1.95. The SMILES string of the molecule is C=C[C](N1C(=O)CCC1=O)N1C(=O)CCC1=O. The van der Waals surface area contributed by atoms with Crippen LogP contribution in [0.25, 0.3) is 0 Å². The van der Waals surface area contributed by atoms with E-state index < -0.39 is 23.6 Å². The van der Waals surface area contributed by atoms with Gasteiger partial charge in [-0.2, -0.15) is 0 Å². The average Bonchev–Trinajstić information content (AvgIpc) is 2.78. The number of carbonyl (C=O) groups excluding carboxylic acids is 4. The van der Waals surface area contributed by atoms with Gasteiger partial charge in [-0.05, 0) is 6.08 Å². The van der Waals surface area contributed by atoms with Crippen molar-refractivity contribution in [2.75, 3.05) is 0 Å². The second kappa shape index (κ2) is 4.12. The molecule has 6 heteroatoms. The van der Waals surface area contributed by atoms with Gasteiger partial charge in [0, 0.05) is 25.7 Å². The van der Waals surface area contributed by atoms with E-state index >= 15 is 0 Å². The number of hydrogen-bond acceptors (Lipinski definition) is 4. The number of nitrogens with zero attached hydrogens (tertiary/aromatic N) is 2. The van der Waals surface area contributed by atoms with E-state index in [1.165, 1.54) is 6.08 Å². The standard InChI is InChI=1S/C11H11N2O4/c1-2-7(12-8(14)3-4-9(12)15)13-10(16)5-6-11(13)17/h2H,1,3-6H2. The Labute approximate surface area is 97.9 Å². The van der Waals surface area contributed by atoms with Crippen molar-refractivity contribution in [3.8, 4) is 0 Å². The molecule has 17 heavy (non-hydrogen) atoms. The topological polar surface area (TPSA) is 74.8 Å². The Morgan fingerprint density at radius 2 is 1.12 bits per heavy atom. The molecule has 2 aliphatic rings. The Hall–Kier alpha value is -1.98. The Morgan fingerprint density at radius 3 is 1.35 bits per heavy atom. The van der Waals surface area contributed by atoms with Gasteiger partial charge < -0.3 is 0 Å². The molecule has 2 fully saturated rings. The first-order chi connectivity index (χ1) is 8.06. The molecule has 4 amide bonds. The Bertz CT molecular complexity index is 361. The van der Waals surface area contributed by atoms with Gasteiger partial charge in [-0.25, -0.2) is 9.80 Å². The van der Waals surface area contributed by atoms with Crippen LogP contribution in [0.5, 0.6) is 0 Å². The molecule has 2 heterocycles. The molecule has 0 N–H and O–H groups in total. The zero-order valence-corrected chi connectivity index (χ0v) is 9.14. The highest BCUT2D eigenvalue weighted by molar-refractivity contribution is 6.08. The molecule has 0 spiro atoms. The van der Waals surface area contributed by atoms with E-state index in [1.807, 2.05) is 0 Å². The van der Waals surface area contributed by atoms with Crippen molar-refractivity contribution in [3.63, 3.8) is 0 Å². The minimum absolute atomic E-state index is 0.0231. The first kappa shape index (κ1) is 11.5. The lowest BCUT2D eigenvalue weighted by Gasteiger charge is -2.28. The zero-order chi connectivity index (χ0) is 12.6. The van der Waals surface area contributed by atoms with Crippen molar-refractivity contribution in [2.45, 2.75) is 25.7 Å². The minimum Gasteiger partial charge on any atom is -0.274 e. The highest BCUT2D eigenvalue weighted by Gasteiger charge is 2.43. The molecule has 2 saturated heterocycles. The zero-order valence-electron chi connectivity index (χ0n) is 9.14. The van der Waals surface area contributed by atoms with E-state index in [1.54, 1.807) is 0 Å². The van der Waals surface area contributed by atoms with Gasteiger partial charge in [0.15, 0.2) is 6.17 Å². The summed E-state index contributed by atoms with van der Waals surface area (Å²) in [6.45, 7) is 3.46. The van der Waals surface area contributed by atoms with Gasteiger partial charge in [-0.1, -0.05) is 6.58 Å². The van der Waals surface area contributed by atoms with Gasteiger partial charge in [-0.15, -0.1) is 0 Å². The first-order valence-corrected chi connectivity index (χ1v) is 5.27. The number of amides is 4. The molecule has 0 aromatic rings. The predicted octanol–water partition coefficient (Wildman–Crippen LogP) is -0.0401. The van der Waals surface area contributed by atoms with Crippen LogP contribution in [-0.2, 0) is 19.2 Å². The van der Waals surface area contributed by atoms with E-state index in [2.05, 4.69) is 6.58 Å². The predicted molar refractivity (Wildman–Crippen MR) is 55.6 cm³/mol. The van der Waals surface area contributed by atoms with E-state index in [-0.39, 0.29) is 31.8 Å². The molecule has 0 saturated carbocycles. The van der Waals surface area contributed by atoms with Crippen LogP contribution < -0.4 is 0 Å². The lowest BCUT2D eigenvalue weighted by molar-refractivity contribution is -0.145. The second-order valence-electron chi connectivity index (χ2n) is 3.81. The molecule has 2 aliphatic heterocycles. The van der Waals surface area contributed by atoms with Gasteiger partial charge in [0.25, 0.3) is 0 Å². The van der Waals surface area contributed by atoms with E-state index in [0.29, 0.717) is 0 Å². The minimum atomic E-state index is -0.405. The molecule has 0 aliphatic carbocycles. The average molecular weight is 235 g/mol. The maximum absolute atomic E-state index is 11.5.